The molecule has 0 spiro atoms. The van der Waals surface area contributed by atoms with E-state index in [1.807, 2.05) is 0 Å². The zero-order valence-electron chi connectivity index (χ0n) is 16.9. The quantitative estimate of drug-likeness (QED) is 0.445. The van der Waals surface area contributed by atoms with Crippen LogP contribution in [0.2, 0.25) is 16.6 Å². The summed E-state index contributed by atoms with van der Waals surface area (Å²) >= 11 is 0. The Kier molecular flexibility index (Phi) is 6.72. The normalized spacial score (nSPS) is 22.4. The first-order valence-corrected chi connectivity index (χ1v) is 12.1. The Balaban J connectivity index is 1.91. The molecule has 0 amide bonds. The fourth-order valence-corrected chi connectivity index (χ4v) is 10.6. The summed E-state index contributed by atoms with van der Waals surface area (Å²) in [5, 5.41) is 0. The van der Waals surface area contributed by atoms with Gasteiger partial charge in [0.05, 0.1) is 0 Å². The van der Waals surface area contributed by atoms with Crippen LogP contribution in [0.15, 0.2) is 30.3 Å². The van der Waals surface area contributed by atoms with Gasteiger partial charge in [-0.15, -0.1) is 0 Å². The number of hydrogen-bond donors (Lipinski definition) is 0. The lowest BCUT2D eigenvalue weighted by Crippen LogP contribution is -2.50. The lowest BCUT2D eigenvalue weighted by atomic mass is 10.1. The summed E-state index contributed by atoms with van der Waals surface area (Å²) in [4.78, 5) is 0. The van der Waals surface area contributed by atoms with E-state index < -0.39 is 8.32 Å². The molecule has 1 saturated carbocycles. The van der Waals surface area contributed by atoms with Gasteiger partial charge in [0.15, 0.2) is 0 Å². The highest BCUT2D eigenvalue weighted by Gasteiger charge is 2.50. The molecule has 2 rings (SSSR count). The van der Waals surface area contributed by atoms with Gasteiger partial charge in [-0.2, -0.15) is 0 Å². The Hall–Kier alpha value is -0.603. The first-order chi connectivity index (χ1) is 11.3. The summed E-state index contributed by atoms with van der Waals surface area (Å²) in [5.74, 6) is 1.66. The molecule has 0 N–H and O–H groups in total. The fraction of sp³-hybridized carbons (Fsp3) is 0.727. The van der Waals surface area contributed by atoms with Gasteiger partial charge in [0, 0.05) is 6.10 Å². The highest BCUT2D eigenvalue weighted by Crippen LogP contribution is 2.49. The maximum Gasteiger partial charge on any atom is 0.200 e. The Bertz CT molecular complexity index is 472. The van der Waals surface area contributed by atoms with E-state index in [1.54, 1.807) is 0 Å². The minimum atomic E-state index is -1.73. The molecule has 1 aliphatic rings. The van der Waals surface area contributed by atoms with Crippen LogP contribution >= 0.6 is 0 Å². The standard InChI is InChI=1S/C22H38OSi/c1-16(2)24(17(3)4,18(5)6)23-19(7)22-15-21(22)14-13-20-11-9-8-10-12-20/h8-12,16-19,21-22H,13-15H2,1-7H3/t19-,21-,22-/m0/s1. The molecule has 1 aromatic carbocycles. The second-order valence-electron chi connectivity index (χ2n) is 8.82. The molecule has 2 heteroatoms. The van der Waals surface area contributed by atoms with Crippen molar-refractivity contribution in [2.24, 2.45) is 11.8 Å². The van der Waals surface area contributed by atoms with Crippen LogP contribution in [-0.4, -0.2) is 14.4 Å². The van der Waals surface area contributed by atoms with E-state index in [9.17, 15) is 0 Å². The first-order valence-electron chi connectivity index (χ1n) is 10.0. The second-order valence-corrected chi connectivity index (χ2v) is 14.2. The van der Waals surface area contributed by atoms with E-state index >= 15 is 0 Å². The Morgan fingerprint density at radius 3 is 1.96 bits per heavy atom. The lowest BCUT2D eigenvalue weighted by molar-refractivity contribution is 0.163. The van der Waals surface area contributed by atoms with Gasteiger partial charge in [-0.1, -0.05) is 71.9 Å². The van der Waals surface area contributed by atoms with Gasteiger partial charge in [0.2, 0.25) is 8.32 Å². The van der Waals surface area contributed by atoms with Crippen LogP contribution in [-0.2, 0) is 10.8 Å². The van der Waals surface area contributed by atoms with Gasteiger partial charge in [-0.25, -0.2) is 0 Å². The fourth-order valence-electron chi connectivity index (χ4n) is 4.99. The molecule has 0 heterocycles. The van der Waals surface area contributed by atoms with Crippen LogP contribution in [0, 0.1) is 11.8 Å². The van der Waals surface area contributed by atoms with Crippen LogP contribution < -0.4 is 0 Å². The average Bonchev–Trinajstić information content (AvgIpc) is 3.30. The van der Waals surface area contributed by atoms with Crippen molar-refractivity contribution in [2.45, 2.75) is 90.5 Å². The van der Waals surface area contributed by atoms with Crippen molar-refractivity contribution in [1.82, 2.24) is 0 Å². The number of aryl methyl sites for hydroxylation is 1. The second kappa shape index (κ2) is 8.18. The third-order valence-corrected chi connectivity index (χ3v) is 12.5. The van der Waals surface area contributed by atoms with Gasteiger partial charge < -0.3 is 4.43 Å². The molecule has 1 fully saturated rings. The molecule has 0 aromatic heterocycles. The van der Waals surface area contributed by atoms with Crippen LogP contribution in [0.3, 0.4) is 0 Å². The van der Waals surface area contributed by atoms with E-state index in [-0.39, 0.29) is 0 Å². The Morgan fingerprint density at radius 1 is 0.917 bits per heavy atom. The van der Waals surface area contributed by atoms with Gasteiger partial charge in [0.1, 0.15) is 0 Å². The highest BCUT2D eigenvalue weighted by atomic mass is 28.4. The van der Waals surface area contributed by atoms with Crippen LogP contribution in [0.4, 0.5) is 0 Å². The van der Waals surface area contributed by atoms with E-state index in [2.05, 4.69) is 78.8 Å². The minimum Gasteiger partial charge on any atom is -0.413 e. The summed E-state index contributed by atoms with van der Waals surface area (Å²) in [7, 11) is -1.73. The van der Waals surface area contributed by atoms with Crippen LogP contribution in [0.1, 0.15) is 66.9 Å². The highest BCUT2D eigenvalue weighted by molar-refractivity contribution is 6.77. The van der Waals surface area contributed by atoms with Gasteiger partial charge in [-0.3, -0.25) is 0 Å². The zero-order chi connectivity index (χ0) is 17.9. The molecule has 0 unspecified atom stereocenters. The van der Waals surface area contributed by atoms with Crippen molar-refractivity contribution in [1.29, 1.82) is 0 Å². The SMILES string of the molecule is CC(C)[Si](O[C@@H](C)[C@@H]1C[C@@H]1CCc1ccccc1)(C(C)C)C(C)C. The summed E-state index contributed by atoms with van der Waals surface area (Å²) in [6.45, 7) is 16.7. The molecular weight excluding hydrogens is 308 g/mol. The maximum absolute atomic E-state index is 6.97. The number of rotatable bonds is 9. The number of hydrogen-bond acceptors (Lipinski definition) is 1. The molecule has 24 heavy (non-hydrogen) atoms. The van der Waals surface area contributed by atoms with E-state index in [1.165, 1.54) is 24.8 Å². The summed E-state index contributed by atoms with van der Waals surface area (Å²) < 4.78 is 6.97. The molecule has 0 radical (unpaired) electrons. The average molecular weight is 347 g/mol. The molecule has 0 saturated heterocycles. The molecule has 0 bridgehead atoms. The van der Waals surface area contributed by atoms with Crippen molar-refractivity contribution >= 4 is 8.32 Å². The smallest absolute Gasteiger partial charge is 0.200 e. The van der Waals surface area contributed by atoms with E-state index in [4.69, 9.17) is 4.43 Å². The molecule has 136 valence electrons. The predicted molar refractivity (Wildman–Crippen MR) is 108 cm³/mol. The topological polar surface area (TPSA) is 9.23 Å². The zero-order valence-corrected chi connectivity index (χ0v) is 17.9. The van der Waals surface area contributed by atoms with Crippen molar-refractivity contribution in [3.05, 3.63) is 35.9 Å². The molecule has 0 aliphatic heterocycles. The molecule has 1 aromatic rings. The van der Waals surface area contributed by atoms with Crippen molar-refractivity contribution in [2.75, 3.05) is 0 Å². The third-order valence-electron chi connectivity index (χ3n) is 6.32. The summed E-state index contributed by atoms with van der Waals surface area (Å²) in [6.07, 6.45) is 4.34. The first kappa shape index (κ1) is 19.7. The lowest BCUT2D eigenvalue weighted by Gasteiger charge is -2.44. The molecular formula is C22H38OSi. The molecule has 1 nitrogen and oxygen atoms in total. The summed E-state index contributed by atoms with van der Waals surface area (Å²) in [5.41, 5.74) is 3.52. The minimum absolute atomic E-state index is 0.435. The van der Waals surface area contributed by atoms with E-state index in [0.29, 0.717) is 22.7 Å². The third kappa shape index (κ3) is 4.32. The maximum atomic E-state index is 6.97. The van der Waals surface area contributed by atoms with Crippen LogP contribution in [0.25, 0.3) is 0 Å². The van der Waals surface area contributed by atoms with Crippen molar-refractivity contribution in [3.63, 3.8) is 0 Å². The monoisotopic (exact) mass is 346 g/mol. The van der Waals surface area contributed by atoms with Gasteiger partial charge in [-0.05, 0) is 60.2 Å². The van der Waals surface area contributed by atoms with Crippen LogP contribution in [0.5, 0.6) is 0 Å². The molecule has 3 atom stereocenters. The Morgan fingerprint density at radius 2 is 1.46 bits per heavy atom. The summed E-state index contributed by atoms with van der Waals surface area (Å²) in [6, 6.07) is 10.9. The number of benzene rings is 1. The predicted octanol–water partition coefficient (Wildman–Crippen LogP) is 6.84. The molecule has 1 aliphatic carbocycles. The van der Waals surface area contributed by atoms with E-state index in [0.717, 1.165) is 11.8 Å². The Labute approximate surface area is 151 Å². The van der Waals surface area contributed by atoms with Gasteiger partial charge in [0.25, 0.3) is 0 Å². The van der Waals surface area contributed by atoms with Gasteiger partial charge >= 0.3 is 0 Å². The van der Waals surface area contributed by atoms with Crippen molar-refractivity contribution in [3.8, 4) is 0 Å². The van der Waals surface area contributed by atoms with Crippen molar-refractivity contribution < 1.29 is 4.43 Å². The largest absolute Gasteiger partial charge is 0.413 e.